The molecule has 0 spiro atoms. The molecule has 1 aliphatic heterocycles. The Bertz CT molecular complexity index is 812. The van der Waals surface area contributed by atoms with E-state index in [9.17, 15) is 4.79 Å². The number of hydrogen-bond donors (Lipinski definition) is 1. The van der Waals surface area contributed by atoms with Crippen LogP contribution in [0.15, 0.2) is 54.0 Å². The number of hydrogen-bond acceptors (Lipinski definition) is 4. The van der Waals surface area contributed by atoms with Crippen LogP contribution in [0, 0.1) is 0 Å². The van der Waals surface area contributed by atoms with Crippen molar-refractivity contribution in [1.82, 2.24) is 9.78 Å². The van der Waals surface area contributed by atoms with Gasteiger partial charge in [0.25, 0.3) is 0 Å². The summed E-state index contributed by atoms with van der Waals surface area (Å²) in [5, 5.41) is 9.73. The van der Waals surface area contributed by atoms with Crippen LogP contribution in [0.1, 0.15) is 21.3 Å². The number of amides is 1. The number of nitrogens with one attached hydrogen (secondary N) is 1. The lowest BCUT2D eigenvalue weighted by atomic mass is 10.1. The largest absolute Gasteiger partial charge is 0.310 e. The van der Waals surface area contributed by atoms with E-state index < -0.39 is 0 Å². The average Bonchev–Trinajstić information content (AvgIpc) is 3.17. The first-order valence-electron chi connectivity index (χ1n) is 7.36. The fourth-order valence-electron chi connectivity index (χ4n) is 2.72. The van der Waals surface area contributed by atoms with Gasteiger partial charge in [0.05, 0.1) is 23.7 Å². The molecule has 0 saturated carbocycles. The maximum absolute atomic E-state index is 12.1. The predicted molar refractivity (Wildman–Crippen MR) is 95.0 cm³/mol. The monoisotopic (exact) mass is 341 g/mol. The molecule has 3 aromatic rings. The van der Waals surface area contributed by atoms with Crippen LogP contribution in [-0.2, 0) is 11.3 Å². The van der Waals surface area contributed by atoms with E-state index in [0.717, 1.165) is 11.4 Å². The summed E-state index contributed by atoms with van der Waals surface area (Å²) >= 11 is 3.34. The van der Waals surface area contributed by atoms with Crippen LogP contribution in [0.2, 0.25) is 0 Å². The Morgan fingerprint density at radius 3 is 2.87 bits per heavy atom. The fourth-order valence-corrected chi connectivity index (χ4v) is 4.50. The molecule has 0 fully saturated rings. The number of nitrogens with zero attached hydrogens (tertiary/aromatic N) is 2. The van der Waals surface area contributed by atoms with E-state index in [1.54, 1.807) is 23.1 Å². The molecule has 4 nitrogen and oxygen atoms in total. The van der Waals surface area contributed by atoms with Gasteiger partial charge in [0.2, 0.25) is 5.91 Å². The Morgan fingerprint density at radius 2 is 2.09 bits per heavy atom. The van der Waals surface area contributed by atoms with Gasteiger partial charge in [-0.3, -0.25) is 4.79 Å². The van der Waals surface area contributed by atoms with Gasteiger partial charge in [0.15, 0.2) is 0 Å². The van der Waals surface area contributed by atoms with Gasteiger partial charge in [-0.2, -0.15) is 5.10 Å². The van der Waals surface area contributed by atoms with E-state index >= 15 is 0 Å². The molecule has 6 heteroatoms. The topological polar surface area (TPSA) is 46.9 Å². The summed E-state index contributed by atoms with van der Waals surface area (Å²) in [6.45, 7) is 0.680. The SMILES string of the molecule is O=C1CS[C@@H](c2ccccc2)c2cnn(Cc3cccs3)c2N1. The molecule has 0 radical (unpaired) electrons. The molecule has 2 aromatic heterocycles. The number of rotatable bonds is 3. The standard InChI is InChI=1S/C17H15N3OS2/c21-15-11-23-16(12-5-2-1-3-6-12)14-9-18-20(17(14)19-15)10-13-7-4-8-22-13/h1-9,16H,10-11H2,(H,19,21)/t16-/m0/s1. The highest BCUT2D eigenvalue weighted by atomic mass is 32.2. The Hall–Kier alpha value is -2.05. The summed E-state index contributed by atoms with van der Waals surface area (Å²) in [4.78, 5) is 13.3. The average molecular weight is 341 g/mol. The van der Waals surface area contributed by atoms with Crippen LogP contribution < -0.4 is 5.32 Å². The number of anilines is 1. The number of thioether (sulfide) groups is 1. The zero-order valence-electron chi connectivity index (χ0n) is 12.3. The van der Waals surface area contributed by atoms with E-state index in [-0.39, 0.29) is 11.2 Å². The summed E-state index contributed by atoms with van der Waals surface area (Å²) in [5.74, 6) is 1.30. The number of carbonyl (C=O) groups is 1. The van der Waals surface area contributed by atoms with Crippen LogP contribution in [0.3, 0.4) is 0 Å². The van der Waals surface area contributed by atoms with Crippen LogP contribution in [0.4, 0.5) is 5.82 Å². The Labute approximate surface area is 142 Å². The molecule has 1 N–H and O–H groups in total. The maximum Gasteiger partial charge on any atom is 0.235 e. The van der Waals surface area contributed by atoms with Crippen molar-refractivity contribution in [3.8, 4) is 0 Å². The molecule has 0 saturated heterocycles. The van der Waals surface area contributed by atoms with Crippen molar-refractivity contribution in [3.05, 3.63) is 70.0 Å². The molecule has 1 atom stereocenters. The quantitative estimate of drug-likeness (QED) is 0.789. The van der Waals surface area contributed by atoms with Crippen molar-refractivity contribution >= 4 is 34.8 Å². The van der Waals surface area contributed by atoms with Crippen LogP contribution in [0.5, 0.6) is 0 Å². The van der Waals surface area contributed by atoms with Crippen molar-refractivity contribution in [2.24, 2.45) is 0 Å². The molecule has 1 aliphatic rings. The highest BCUT2D eigenvalue weighted by molar-refractivity contribution is 8.00. The predicted octanol–water partition coefficient (Wildman–Crippen LogP) is 3.77. The zero-order valence-corrected chi connectivity index (χ0v) is 13.9. The van der Waals surface area contributed by atoms with Gasteiger partial charge in [0.1, 0.15) is 5.82 Å². The van der Waals surface area contributed by atoms with Gasteiger partial charge in [0, 0.05) is 10.4 Å². The number of carbonyl (C=O) groups excluding carboxylic acids is 1. The molecule has 0 bridgehead atoms. The lowest BCUT2D eigenvalue weighted by Crippen LogP contribution is -2.16. The normalized spacial score (nSPS) is 17.4. The fraction of sp³-hybridized carbons (Fsp3) is 0.176. The lowest BCUT2D eigenvalue weighted by molar-refractivity contribution is -0.113. The third-order valence-electron chi connectivity index (χ3n) is 3.78. The van der Waals surface area contributed by atoms with Crippen molar-refractivity contribution in [2.75, 3.05) is 11.1 Å². The van der Waals surface area contributed by atoms with Gasteiger partial charge in [-0.15, -0.1) is 23.1 Å². The minimum absolute atomic E-state index is 0.0302. The Morgan fingerprint density at radius 1 is 1.22 bits per heavy atom. The molecule has 4 rings (SSSR count). The Balaban J connectivity index is 1.74. The number of aromatic nitrogens is 2. The summed E-state index contributed by atoms with van der Waals surface area (Å²) in [5.41, 5.74) is 2.27. The minimum atomic E-state index is 0.0302. The van der Waals surface area contributed by atoms with Crippen LogP contribution >= 0.6 is 23.1 Å². The maximum atomic E-state index is 12.1. The highest BCUT2D eigenvalue weighted by Gasteiger charge is 2.27. The van der Waals surface area contributed by atoms with Gasteiger partial charge in [-0.05, 0) is 17.0 Å². The van der Waals surface area contributed by atoms with Gasteiger partial charge in [-0.1, -0.05) is 36.4 Å². The minimum Gasteiger partial charge on any atom is -0.310 e. The summed E-state index contributed by atoms with van der Waals surface area (Å²) < 4.78 is 1.89. The smallest absolute Gasteiger partial charge is 0.235 e. The van der Waals surface area contributed by atoms with Crippen LogP contribution in [0.25, 0.3) is 0 Å². The first kappa shape index (κ1) is 14.5. The highest BCUT2D eigenvalue weighted by Crippen LogP contribution is 2.41. The van der Waals surface area contributed by atoms with Crippen molar-refractivity contribution in [1.29, 1.82) is 0 Å². The Kier molecular flexibility index (Phi) is 3.93. The molecule has 1 amide bonds. The first-order valence-corrected chi connectivity index (χ1v) is 9.28. The summed E-state index contributed by atoms with van der Waals surface area (Å²) in [6.07, 6.45) is 1.89. The summed E-state index contributed by atoms with van der Waals surface area (Å²) in [7, 11) is 0. The molecule has 23 heavy (non-hydrogen) atoms. The van der Waals surface area contributed by atoms with Gasteiger partial charge in [-0.25, -0.2) is 4.68 Å². The van der Waals surface area contributed by atoms with E-state index in [1.165, 1.54) is 10.4 Å². The second-order valence-corrected chi connectivity index (χ2v) is 7.46. The van der Waals surface area contributed by atoms with E-state index in [4.69, 9.17) is 0 Å². The third kappa shape index (κ3) is 2.92. The molecule has 3 heterocycles. The second-order valence-electron chi connectivity index (χ2n) is 5.34. The molecule has 1 aromatic carbocycles. The van der Waals surface area contributed by atoms with Crippen molar-refractivity contribution in [2.45, 2.75) is 11.8 Å². The van der Waals surface area contributed by atoms with E-state index in [0.29, 0.717) is 12.3 Å². The number of fused-ring (bicyclic) bond motifs is 1. The van der Waals surface area contributed by atoms with Gasteiger partial charge < -0.3 is 5.32 Å². The van der Waals surface area contributed by atoms with Gasteiger partial charge >= 0.3 is 0 Å². The zero-order chi connectivity index (χ0) is 15.6. The molecule has 0 aliphatic carbocycles. The second kappa shape index (κ2) is 6.22. The van der Waals surface area contributed by atoms with E-state index in [2.05, 4.69) is 34.0 Å². The van der Waals surface area contributed by atoms with Crippen LogP contribution in [-0.4, -0.2) is 21.4 Å². The molecular weight excluding hydrogens is 326 g/mol. The van der Waals surface area contributed by atoms with Crippen molar-refractivity contribution in [3.63, 3.8) is 0 Å². The number of thiophene rings is 1. The lowest BCUT2D eigenvalue weighted by Gasteiger charge is -2.14. The van der Waals surface area contributed by atoms with Crippen molar-refractivity contribution < 1.29 is 4.79 Å². The molecule has 116 valence electrons. The molecular formula is C17H15N3OS2. The first-order chi connectivity index (χ1) is 11.3. The number of benzene rings is 1. The summed E-state index contributed by atoms with van der Waals surface area (Å²) in [6, 6.07) is 14.4. The third-order valence-corrected chi connectivity index (χ3v) is 5.93. The molecule has 0 unspecified atom stereocenters. The van der Waals surface area contributed by atoms with E-state index in [1.807, 2.05) is 35.1 Å².